The van der Waals surface area contributed by atoms with Gasteiger partial charge in [0.1, 0.15) is 10.6 Å². The quantitative estimate of drug-likeness (QED) is 0.369. The lowest BCUT2D eigenvalue weighted by Gasteiger charge is -2.09. The number of Topliss-reactive ketones (excluding diaryl/α,β-unsaturated/α-hetero) is 1. The molecule has 0 aliphatic heterocycles. The van der Waals surface area contributed by atoms with Crippen LogP contribution in [0.1, 0.15) is 34.2 Å². The highest BCUT2D eigenvalue weighted by atomic mass is 32.2. The maximum Gasteiger partial charge on any atom is 0.331 e. The van der Waals surface area contributed by atoms with Crippen LogP contribution in [0, 0.1) is 13.8 Å². The van der Waals surface area contributed by atoms with E-state index in [-0.39, 0.29) is 23.0 Å². The van der Waals surface area contributed by atoms with Crippen molar-refractivity contribution in [3.63, 3.8) is 0 Å². The van der Waals surface area contributed by atoms with E-state index in [1.165, 1.54) is 32.4 Å². The number of carbonyl (C=O) groups is 2. The normalized spacial score (nSPS) is 11.6. The fourth-order valence-corrected chi connectivity index (χ4v) is 4.04. The maximum atomic E-state index is 12.4. The molecule has 1 aromatic carbocycles. The van der Waals surface area contributed by atoms with Crippen LogP contribution in [-0.4, -0.2) is 45.5 Å². The molecule has 30 heavy (non-hydrogen) atoms. The van der Waals surface area contributed by atoms with Crippen molar-refractivity contribution in [2.45, 2.75) is 32.2 Å². The van der Waals surface area contributed by atoms with Crippen molar-refractivity contribution in [3.05, 3.63) is 52.9 Å². The summed E-state index contributed by atoms with van der Waals surface area (Å²) in [7, 11) is -1.07. The van der Waals surface area contributed by atoms with Crippen molar-refractivity contribution in [3.8, 4) is 5.75 Å². The first-order valence-corrected chi connectivity index (χ1v) is 10.8. The maximum absolute atomic E-state index is 12.4. The predicted molar refractivity (Wildman–Crippen MR) is 113 cm³/mol. The van der Waals surface area contributed by atoms with Crippen molar-refractivity contribution < 1.29 is 27.5 Å². The molecule has 0 atom stereocenters. The number of ketones is 1. The first-order valence-electron chi connectivity index (χ1n) is 9.31. The molecule has 2 rings (SSSR count). The van der Waals surface area contributed by atoms with E-state index in [9.17, 15) is 18.0 Å². The lowest BCUT2D eigenvalue weighted by Crippen LogP contribution is -2.19. The Bertz CT molecular complexity index is 1080. The molecule has 0 fully saturated rings. The van der Waals surface area contributed by atoms with Crippen LogP contribution in [-0.2, 0) is 26.1 Å². The number of hydrogen-bond acceptors (Lipinski definition) is 6. The highest BCUT2D eigenvalue weighted by Gasteiger charge is 2.18. The fourth-order valence-electron chi connectivity index (χ4n) is 3.11. The van der Waals surface area contributed by atoms with Gasteiger partial charge < -0.3 is 14.0 Å². The Morgan fingerprint density at radius 3 is 2.47 bits per heavy atom. The largest absolute Gasteiger partial charge is 0.495 e. The Hall–Kier alpha value is -2.91. The Labute approximate surface area is 176 Å². The number of esters is 1. The van der Waals surface area contributed by atoms with Gasteiger partial charge in [0, 0.05) is 29.6 Å². The van der Waals surface area contributed by atoms with Crippen LogP contribution in [0.3, 0.4) is 0 Å². The zero-order valence-corrected chi connectivity index (χ0v) is 18.5. The Kier molecular flexibility index (Phi) is 7.58. The third kappa shape index (κ3) is 5.17. The molecule has 9 heteroatoms. The number of aryl methyl sites for hydroxylation is 1. The zero-order valence-electron chi connectivity index (χ0n) is 17.7. The van der Waals surface area contributed by atoms with Gasteiger partial charge in [-0.3, -0.25) is 4.79 Å². The number of aromatic nitrogens is 1. The standard InChI is InChI=1S/C21H26N2O6S/c1-6-23-14(2)11-17(15(23)3)18(24)13-29-21(25)10-8-16-7-9-19(28-5)20(12-16)30(26,27)22-4/h7-12,22H,6,13H2,1-5H3/b10-8+. The second kappa shape index (κ2) is 9.73. The van der Waals surface area contributed by atoms with Crippen molar-refractivity contribution in [1.82, 2.24) is 9.29 Å². The molecule has 0 radical (unpaired) electrons. The molecule has 0 bridgehead atoms. The molecule has 0 spiro atoms. The van der Waals surface area contributed by atoms with Gasteiger partial charge in [0.25, 0.3) is 0 Å². The van der Waals surface area contributed by atoms with Crippen LogP contribution in [0.5, 0.6) is 5.75 Å². The molecule has 0 saturated carbocycles. The first-order chi connectivity index (χ1) is 14.1. The van der Waals surface area contributed by atoms with E-state index in [1.807, 2.05) is 25.3 Å². The van der Waals surface area contributed by atoms with Gasteiger partial charge in [-0.1, -0.05) is 6.07 Å². The summed E-state index contributed by atoms with van der Waals surface area (Å²) >= 11 is 0. The molecule has 2 aromatic rings. The van der Waals surface area contributed by atoms with Crippen molar-refractivity contribution in [2.24, 2.45) is 0 Å². The molecule has 0 unspecified atom stereocenters. The number of methoxy groups -OCH3 is 1. The van der Waals surface area contributed by atoms with E-state index in [1.54, 1.807) is 12.1 Å². The smallest absolute Gasteiger partial charge is 0.331 e. The summed E-state index contributed by atoms with van der Waals surface area (Å²) in [6.45, 7) is 6.14. The Morgan fingerprint density at radius 2 is 1.90 bits per heavy atom. The van der Waals surface area contributed by atoms with Gasteiger partial charge in [-0.15, -0.1) is 0 Å². The molecule has 0 aliphatic carbocycles. The lowest BCUT2D eigenvalue weighted by molar-refractivity contribution is -0.136. The van der Waals surface area contributed by atoms with Crippen LogP contribution < -0.4 is 9.46 Å². The van der Waals surface area contributed by atoms with Gasteiger partial charge in [-0.25, -0.2) is 17.9 Å². The molecule has 0 saturated heterocycles. The Morgan fingerprint density at radius 1 is 1.20 bits per heavy atom. The van der Waals surface area contributed by atoms with Gasteiger partial charge in [-0.05, 0) is 57.7 Å². The third-order valence-corrected chi connectivity index (χ3v) is 6.13. The monoisotopic (exact) mass is 434 g/mol. The predicted octanol–water partition coefficient (Wildman–Crippen LogP) is 2.48. The molecule has 1 heterocycles. The van der Waals surface area contributed by atoms with E-state index < -0.39 is 16.0 Å². The van der Waals surface area contributed by atoms with E-state index >= 15 is 0 Å². The van der Waals surface area contributed by atoms with E-state index in [4.69, 9.17) is 9.47 Å². The topological polar surface area (TPSA) is 104 Å². The molecule has 8 nitrogen and oxygen atoms in total. The summed E-state index contributed by atoms with van der Waals surface area (Å²) in [6, 6.07) is 6.25. The lowest BCUT2D eigenvalue weighted by atomic mass is 10.1. The number of nitrogens with one attached hydrogen (secondary N) is 1. The first kappa shape index (κ1) is 23.4. The minimum atomic E-state index is -3.73. The van der Waals surface area contributed by atoms with Crippen LogP contribution in [0.2, 0.25) is 0 Å². The average molecular weight is 435 g/mol. The molecule has 1 aromatic heterocycles. The molecule has 1 N–H and O–H groups in total. The van der Waals surface area contributed by atoms with Gasteiger partial charge >= 0.3 is 5.97 Å². The number of rotatable bonds is 9. The molecule has 0 amide bonds. The number of carbonyl (C=O) groups excluding carboxylic acids is 2. The highest BCUT2D eigenvalue weighted by molar-refractivity contribution is 7.89. The van der Waals surface area contributed by atoms with Crippen molar-refractivity contribution >= 4 is 27.9 Å². The molecular formula is C21H26N2O6S. The van der Waals surface area contributed by atoms with Crippen LogP contribution in [0.4, 0.5) is 0 Å². The number of sulfonamides is 1. The van der Waals surface area contributed by atoms with E-state index in [0.29, 0.717) is 11.1 Å². The van der Waals surface area contributed by atoms with Gasteiger partial charge in [-0.2, -0.15) is 0 Å². The molecule has 0 aliphatic rings. The summed E-state index contributed by atoms with van der Waals surface area (Å²) in [6.07, 6.45) is 2.55. The number of benzene rings is 1. The summed E-state index contributed by atoms with van der Waals surface area (Å²) in [5.74, 6) is -0.808. The average Bonchev–Trinajstić information content (AvgIpc) is 3.03. The van der Waals surface area contributed by atoms with Crippen LogP contribution >= 0.6 is 0 Å². The van der Waals surface area contributed by atoms with Crippen LogP contribution in [0.15, 0.2) is 35.2 Å². The summed E-state index contributed by atoms with van der Waals surface area (Å²) < 4.78 is 38.6. The van der Waals surface area contributed by atoms with E-state index in [0.717, 1.165) is 24.0 Å². The summed E-state index contributed by atoms with van der Waals surface area (Å²) in [5.41, 5.74) is 2.79. The molecule has 162 valence electrons. The second-order valence-corrected chi connectivity index (χ2v) is 8.37. The van der Waals surface area contributed by atoms with Gasteiger partial charge in [0.2, 0.25) is 15.8 Å². The van der Waals surface area contributed by atoms with Crippen molar-refractivity contribution in [2.75, 3.05) is 20.8 Å². The molecular weight excluding hydrogens is 408 g/mol. The van der Waals surface area contributed by atoms with Gasteiger partial charge in [0.05, 0.1) is 7.11 Å². The number of hydrogen-bond donors (Lipinski definition) is 1. The Balaban J connectivity index is 2.08. The SMILES string of the molecule is CCn1c(C)cc(C(=O)COC(=O)/C=C/c2ccc(OC)c(S(=O)(=O)NC)c2)c1C. The van der Waals surface area contributed by atoms with E-state index in [2.05, 4.69) is 4.72 Å². The minimum Gasteiger partial charge on any atom is -0.495 e. The third-order valence-electron chi connectivity index (χ3n) is 4.69. The minimum absolute atomic E-state index is 0.0514. The highest BCUT2D eigenvalue weighted by Crippen LogP contribution is 2.25. The second-order valence-electron chi connectivity index (χ2n) is 6.51. The summed E-state index contributed by atoms with van der Waals surface area (Å²) in [4.78, 5) is 24.3. The van der Waals surface area contributed by atoms with Crippen LogP contribution in [0.25, 0.3) is 6.08 Å². The summed E-state index contributed by atoms with van der Waals surface area (Å²) in [5, 5.41) is 0. The number of nitrogens with zero attached hydrogens (tertiary/aromatic N) is 1. The van der Waals surface area contributed by atoms with Gasteiger partial charge in [0.15, 0.2) is 6.61 Å². The zero-order chi connectivity index (χ0) is 22.5. The number of ether oxygens (including phenoxy) is 2. The van der Waals surface area contributed by atoms with Crippen molar-refractivity contribution in [1.29, 1.82) is 0 Å². The fraction of sp³-hybridized carbons (Fsp3) is 0.333.